The molecule has 4 unspecified atom stereocenters. The molecule has 0 aliphatic carbocycles. The van der Waals surface area contributed by atoms with E-state index in [1.54, 1.807) is 7.05 Å². The fraction of sp³-hybridized carbons (Fsp3) is 0.500. The van der Waals surface area contributed by atoms with Gasteiger partial charge in [-0.05, 0) is 48.6 Å². The van der Waals surface area contributed by atoms with Gasteiger partial charge in [-0.1, -0.05) is 62.7 Å². The number of imide groups is 1. The summed E-state index contributed by atoms with van der Waals surface area (Å²) in [5, 5.41) is 9.29. The lowest BCUT2D eigenvalue weighted by atomic mass is 9.96. The average Bonchev–Trinajstić information content (AvgIpc) is 3.24. The molecule has 8 heteroatoms. The van der Waals surface area contributed by atoms with Crippen LogP contribution in [0, 0.1) is 11.8 Å². The van der Waals surface area contributed by atoms with Crippen molar-refractivity contribution in [3.63, 3.8) is 0 Å². The third-order valence-electron chi connectivity index (χ3n) is 7.49. The largest absolute Gasteiger partial charge is 0.368 e. The third kappa shape index (κ3) is 4.98. The van der Waals surface area contributed by atoms with Gasteiger partial charge in [0, 0.05) is 31.9 Å². The van der Waals surface area contributed by atoms with Crippen LogP contribution < -0.4 is 16.1 Å². The van der Waals surface area contributed by atoms with E-state index in [1.165, 1.54) is 29.7 Å². The first-order valence-corrected chi connectivity index (χ1v) is 13.2. The number of carbonyl (C=O) groups is 2. The smallest absolute Gasteiger partial charge is 0.327 e. The molecule has 3 amide bonds. The topological polar surface area (TPSA) is 80.0 Å². The molecule has 3 saturated heterocycles. The first kappa shape index (κ1) is 24.7. The van der Waals surface area contributed by atoms with Gasteiger partial charge in [-0.25, -0.2) is 15.2 Å². The molecule has 3 heterocycles. The van der Waals surface area contributed by atoms with Crippen molar-refractivity contribution in [2.75, 3.05) is 25.5 Å². The first-order chi connectivity index (χ1) is 17.4. The summed E-state index contributed by atoms with van der Waals surface area (Å²) >= 11 is 0. The number of nitrogens with one attached hydrogen (secondary N) is 3. The maximum absolute atomic E-state index is 13.4. The Bertz CT molecular complexity index is 1050. The Balaban J connectivity index is 1.41. The van der Waals surface area contributed by atoms with Gasteiger partial charge in [0.05, 0.1) is 0 Å². The lowest BCUT2D eigenvalue weighted by molar-refractivity contribution is -0.137. The van der Waals surface area contributed by atoms with Crippen molar-refractivity contribution in [2.24, 2.45) is 11.8 Å². The molecule has 8 nitrogen and oxygen atoms in total. The molecule has 0 radical (unpaired) electrons. The number of carbonyl (C=O) groups excluding carboxylic acids is 2. The van der Waals surface area contributed by atoms with Crippen molar-refractivity contribution in [3.05, 3.63) is 65.7 Å². The summed E-state index contributed by atoms with van der Waals surface area (Å²) in [6, 6.07) is 18.9. The van der Waals surface area contributed by atoms with E-state index in [1.807, 2.05) is 35.2 Å². The number of hydrazine groups is 1. The quantitative estimate of drug-likeness (QED) is 0.549. The van der Waals surface area contributed by atoms with E-state index in [4.69, 9.17) is 0 Å². The molecule has 2 aromatic carbocycles. The predicted octanol–water partition coefficient (Wildman–Crippen LogP) is 3.75. The summed E-state index contributed by atoms with van der Waals surface area (Å²) in [6.07, 6.45) is 2.98. The number of hydrogen-bond donors (Lipinski definition) is 3. The average molecular weight is 491 g/mol. The zero-order valence-electron chi connectivity index (χ0n) is 21.5. The minimum Gasteiger partial charge on any atom is -0.368 e. The number of piperidine rings is 1. The molecule has 3 aliphatic rings. The van der Waals surface area contributed by atoms with Crippen LogP contribution in [-0.2, 0) is 11.3 Å². The van der Waals surface area contributed by atoms with Crippen LogP contribution in [0.2, 0.25) is 0 Å². The fourth-order valence-electron chi connectivity index (χ4n) is 5.65. The Morgan fingerprint density at radius 3 is 2.44 bits per heavy atom. The van der Waals surface area contributed by atoms with E-state index in [0.717, 1.165) is 17.8 Å². The standard InChI is InChI=1S/C28H38N6O2/c1-19(2)17-33-26-24(27(35)32(3)28(33)36)25(30-22-9-5-4-6-10-22)34(31-26)18-20-12-14-21(15-13-20)23-11-7-8-16-29-23/h4-6,9-10,12-15,19,23-26,29-31H,7-8,11,16-18H2,1-3H3. The SMILES string of the molecule is CC(C)CN1C(=O)N(C)C(=O)C2C(Nc3ccccc3)N(Cc3ccc(C4CCCCN4)cc3)NC21. The number of urea groups is 1. The zero-order chi connectivity index (χ0) is 25.2. The number of amides is 3. The lowest BCUT2D eigenvalue weighted by Crippen LogP contribution is -2.64. The molecule has 0 aromatic heterocycles. The van der Waals surface area contributed by atoms with Crippen LogP contribution in [0.15, 0.2) is 54.6 Å². The van der Waals surface area contributed by atoms with E-state index in [0.29, 0.717) is 19.1 Å². The normalized spacial score (nSPS) is 27.0. The van der Waals surface area contributed by atoms with E-state index in [9.17, 15) is 9.59 Å². The molecular weight excluding hydrogens is 452 g/mol. The molecule has 4 atom stereocenters. The monoisotopic (exact) mass is 490 g/mol. The van der Waals surface area contributed by atoms with Gasteiger partial charge in [-0.2, -0.15) is 0 Å². The Labute approximate surface area is 214 Å². The van der Waals surface area contributed by atoms with Crippen LogP contribution in [0.1, 0.15) is 50.3 Å². The van der Waals surface area contributed by atoms with Crippen LogP contribution in [0.25, 0.3) is 0 Å². The Morgan fingerprint density at radius 1 is 1.03 bits per heavy atom. The minimum absolute atomic E-state index is 0.160. The molecule has 3 N–H and O–H groups in total. The summed E-state index contributed by atoms with van der Waals surface area (Å²) in [6.45, 7) is 6.45. The molecule has 5 rings (SSSR count). The molecule has 0 bridgehead atoms. The van der Waals surface area contributed by atoms with Crippen molar-refractivity contribution in [1.82, 2.24) is 25.6 Å². The number of benzene rings is 2. The van der Waals surface area contributed by atoms with Gasteiger partial charge in [-0.15, -0.1) is 0 Å². The van der Waals surface area contributed by atoms with Gasteiger partial charge < -0.3 is 15.5 Å². The van der Waals surface area contributed by atoms with Crippen LogP contribution in [0.4, 0.5) is 10.5 Å². The van der Waals surface area contributed by atoms with Gasteiger partial charge in [0.25, 0.3) is 0 Å². The number of hydrogen-bond acceptors (Lipinski definition) is 6. The number of fused-ring (bicyclic) bond motifs is 1. The van der Waals surface area contributed by atoms with E-state index < -0.39 is 12.1 Å². The summed E-state index contributed by atoms with van der Waals surface area (Å²) < 4.78 is 0. The highest BCUT2D eigenvalue weighted by molar-refractivity contribution is 5.99. The van der Waals surface area contributed by atoms with E-state index in [2.05, 4.69) is 59.2 Å². The van der Waals surface area contributed by atoms with Crippen LogP contribution in [-0.4, -0.2) is 59.2 Å². The Hall–Kier alpha value is -2.94. The van der Waals surface area contributed by atoms with Crippen LogP contribution in [0.5, 0.6) is 0 Å². The minimum atomic E-state index is -0.433. The maximum Gasteiger partial charge on any atom is 0.327 e. The van der Waals surface area contributed by atoms with Gasteiger partial charge in [0.2, 0.25) is 5.91 Å². The number of rotatable bonds is 7. The highest BCUT2D eigenvalue weighted by Gasteiger charge is 2.55. The molecule has 0 saturated carbocycles. The van der Waals surface area contributed by atoms with Crippen molar-refractivity contribution in [2.45, 2.75) is 58.0 Å². The van der Waals surface area contributed by atoms with Gasteiger partial charge in [0.1, 0.15) is 18.2 Å². The lowest BCUT2D eigenvalue weighted by Gasteiger charge is -2.41. The zero-order valence-corrected chi connectivity index (χ0v) is 21.5. The summed E-state index contributed by atoms with van der Waals surface area (Å²) in [5.41, 5.74) is 6.96. The number of para-hydroxylation sites is 1. The second kappa shape index (κ2) is 10.6. The summed E-state index contributed by atoms with van der Waals surface area (Å²) in [7, 11) is 1.59. The molecule has 3 fully saturated rings. The molecule has 36 heavy (non-hydrogen) atoms. The molecule has 3 aliphatic heterocycles. The maximum atomic E-state index is 13.4. The van der Waals surface area contributed by atoms with E-state index >= 15 is 0 Å². The Kier molecular flexibility index (Phi) is 7.27. The highest BCUT2D eigenvalue weighted by Crippen LogP contribution is 2.33. The van der Waals surface area contributed by atoms with Crippen molar-refractivity contribution in [3.8, 4) is 0 Å². The summed E-state index contributed by atoms with van der Waals surface area (Å²) in [5.74, 6) is -0.307. The number of anilines is 1. The third-order valence-corrected chi connectivity index (χ3v) is 7.49. The van der Waals surface area contributed by atoms with Gasteiger partial charge in [0.15, 0.2) is 0 Å². The van der Waals surface area contributed by atoms with Crippen LogP contribution >= 0.6 is 0 Å². The summed E-state index contributed by atoms with van der Waals surface area (Å²) in [4.78, 5) is 29.6. The molecule has 2 aromatic rings. The predicted molar refractivity (Wildman–Crippen MR) is 141 cm³/mol. The van der Waals surface area contributed by atoms with Crippen molar-refractivity contribution in [1.29, 1.82) is 0 Å². The first-order valence-electron chi connectivity index (χ1n) is 13.2. The Morgan fingerprint density at radius 2 is 1.78 bits per heavy atom. The second-order valence-electron chi connectivity index (χ2n) is 10.7. The van der Waals surface area contributed by atoms with Crippen molar-refractivity contribution < 1.29 is 9.59 Å². The number of nitrogens with zero attached hydrogens (tertiary/aromatic N) is 3. The highest BCUT2D eigenvalue weighted by atomic mass is 16.2. The van der Waals surface area contributed by atoms with Gasteiger partial charge >= 0.3 is 6.03 Å². The molecule has 0 spiro atoms. The molecule has 192 valence electrons. The van der Waals surface area contributed by atoms with Crippen LogP contribution in [0.3, 0.4) is 0 Å². The molecular formula is C28H38N6O2. The fourth-order valence-corrected chi connectivity index (χ4v) is 5.65. The second-order valence-corrected chi connectivity index (χ2v) is 10.7. The van der Waals surface area contributed by atoms with E-state index in [-0.39, 0.29) is 24.0 Å². The van der Waals surface area contributed by atoms with Gasteiger partial charge in [-0.3, -0.25) is 9.69 Å². The van der Waals surface area contributed by atoms with Crippen molar-refractivity contribution >= 4 is 17.6 Å².